The molecule has 17 heavy (non-hydrogen) atoms. The van der Waals surface area contributed by atoms with E-state index in [1.165, 1.54) is 16.0 Å². The van der Waals surface area contributed by atoms with Crippen molar-refractivity contribution in [1.29, 1.82) is 0 Å². The van der Waals surface area contributed by atoms with Crippen LogP contribution >= 0.6 is 11.3 Å². The molecule has 0 aliphatic rings. The maximum Gasteiger partial charge on any atom is 0.130 e. The summed E-state index contributed by atoms with van der Waals surface area (Å²) in [6.45, 7) is 7.75. The molecule has 88 valence electrons. The van der Waals surface area contributed by atoms with Crippen molar-refractivity contribution >= 4 is 23.2 Å². The van der Waals surface area contributed by atoms with Crippen molar-refractivity contribution in [3.63, 3.8) is 0 Å². The van der Waals surface area contributed by atoms with Crippen LogP contribution in [0, 0.1) is 13.8 Å². The number of nitrogens with zero attached hydrogens (tertiary/aromatic N) is 2. The number of anilines is 1. The molecule has 0 fully saturated rings. The molecule has 0 aromatic carbocycles. The minimum absolute atomic E-state index is 0.572. The van der Waals surface area contributed by atoms with E-state index in [9.17, 15) is 0 Å². The van der Waals surface area contributed by atoms with E-state index in [1.807, 2.05) is 19.2 Å². The maximum atomic E-state index is 5.89. The van der Waals surface area contributed by atoms with Gasteiger partial charge in [0.25, 0.3) is 0 Å². The molecule has 2 rings (SSSR count). The molecule has 0 spiro atoms. The highest BCUT2D eigenvalue weighted by molar-refractivity contribution is 7.11. The van der Waals surface area contributed by atoms with Crippen molar-refractivity contribution in [1.82, 2.24) is 9.97 Å². The Labute approximate surface area is 105 Å². The lowest BCUT2D eigenvalue weighted by Gasteiger charge is -2.05. The summed E-state index contributed by atoms with van der Waals surface area (Å²) >= 11 is 1.70. The molecule has 0 amide bonds. The second-order valence-corrected chi connectivity index (χ2v) is 4.87. The van der Waals surface area contributed by atoms with Crippen molar-refractivity contribution < 1.29 is 0 Å². The van der Waals surface area contributed by atoms with E-state index in [1.54, 1.807) is 11.3 Å². The van der Waals surface area contributed by atoms with Crippen LogP contribution in [0.25, 0.3) is 6.08 Å². The van der Waals surface area contributed by atoms with Crippen molar-refractivity contribution in [2.75, 3.05) is 5.73 Å². The van der Waals surface area contributed by atoms with Gasteiger partial charge < -0.3 is 5.73 Å². The van der Waals surface area contributed by atoms with Crippen LogP contribution in [0.15, 0.2) is 18.2 Å². The van der Waals surface area contributed by atoms with Gasteiger partial charge in [-0.2, -0.15) is 0 Å². The Morgan fingerprint density at radius 2 is 2.18 bits per heavy atom. The molecule has 0 saturated carbocycles. The van der Waals surface area contributed by atoms with Crippen molar-refractivity contribution in [3.05, 3.63) is 45.5 Å². The van der Waals surface area contributed by atoms with Crippen LogP contribution in [-0.4, -0.2) is 9.97 Å². The second kappa shape index (κ2) is 4.67. The summed E-state index contributed by atoms with van der Waals surface area (Å²) in [7, 11) is 0. The van der Waals surface area contributed by atoms with Gasteiger partial charge in [-0.15, -0.1) is 11.3 Å². The zero-order chi connectivity index (χ0) is 12.4. The predicted molar refractivity (Wildman–Crippen MR) is 73.1 cm³/mol. The van der Waals surface area contributed by atoms with Crippen LogP contribution in [0.3, 0.4) is 0 Å². The van der Waals surface area contributed by atoms with Crippen LogP contribution in [0.4, 0.5) is 5.82 Å². The minimum atomic E-state index is 0.572. The molecule has 0 atom stereocenters. The first-order valence-electron chi connectivity index (χ1n) is 5.39. The highest BCUT2D eigenvalue weighted by atomic mass is 32.1. The Morgan fingerprint density at radius 3 is 2.76 bits per heavy atom. The lowest BCUT2D eigenvalue weighted by Crippen LogP contribution is -2.02. The fourth-order valence-electron chi connectivity index (χ4n) is 1.70. The average Bonchev–Trinajstić information content (AvgIpc) is 2.64. The van der Waals surface area contributed by atoms with Gasteiger partial charge >= 0.3 is 0 Å². The van der Waals surface area contributed by atoms with Crippen LogP contribution in [-0.2, 0) is 6.42 Å². The summed E-state index contributed by atoms with van der Waals surface area (Å²) in [5.41, 5.74) is 9.41. The first-order chi connectivity index (χ1) is 8.11. The second-order valence-electron chi connectivity index (χ2n) is 3.96. The van der Waals surface area contributed by atoms with Gasteiger partial charge in [-0.3, -0.25) is 0 Å². The summed E-state index contributed by atoms with van der Waals surface area (Å²) in [4.78, 5) is 9.58. The van der Waals surface area contributed by atoms with E-state index < -0.39 is 0 Å². The number of thiophene rings is 1. The number of nitrogens with two attached hydrogens (primary N) is 1. The quantitative estimate of drug-likeness (QED) is 0.904. The van der Waals surface area contributed by atoms with Gasteiger partial charge in [0.1, 0.15) is 11.6 Å². The Bertz CT molecular complexity index is 558. The van der Waals surface area contributed by atoms with Gasteiger partial charge in [-0.1, -0.05) is 12.7 Å². The van der Waals surface area contributed by atoms with Crippen LogP contribution in [0.5, 0.6) is 0 Å². The summed E-state index contributed by atoms with van der Waals surface area (Å²) in [5.74, 6) is 1.28. The molecule has 0 saturated heterocycles. The van der Waals surface area contributed by atoms with E-state index in [-0.39, 0.29) is 0 Å². The maximum absolute atomic E-state index is 5.89. The van der Waals surface area contributed by atoms with E-state index in [0.29, 0.717) is 11.6 Å². The van der Waals surface area contributed by atoms with Gasteiger partial charge in [0.2, 0.25) is 0 Å². The normalized spacial score (nSPS) is 10.5. The third-order valence-electron chi connectivity index (χ3n) is 2.76. The number of aryl methyl sites for hydroxylation is 1. The Kier molecular flexibility index (Phi) is 3.24. The summed E-state index contributed by atoms with van der Waals surface area (Å²) in [5, 5.41) is 2.14. The first-order valence-corrected chi connectivity index (χ1v) is 6.27. The first kappa shape index (κ1) is 11.8. The van der Waals surface area contributed by atoms with E-state index in [4.69, 9.17) is 5.73 Å². The molecule has 2 aromatic rings. The third kappa shape index (κ3) is 2.36. The Balaban J connectivity index is 2.31. The zero-order valence-electron chi connectivity index (χ0n) is 10.0. The fourth-order valence-corrected chi connectivity index (χ4v) is 2.63. The number of hydrogen-bond donors (Lipinski definition) is 1. The van der Waals surface area contributed by atoms with Gasteiger partial charge in [-0.05, 0) is 30.4 Å². The lowest BCUT2D eigenvalue weighted by atomic mass is 10.1. The number of rotatable bonds is 3. The summed E-state index contributed by atoms with van der Waals surface area (Å²) in [6.07, 6.45) is 4.48. The molecule has 4 heteroatoms. The van der Waals surface area contributed by atoms with E-state index >= 15 is 0 Å². The van der Waals surface area contributed by atoms with Crippen LogP contribution in [0.1, 0.15) is 27.4 Å². The number of hydrogen-bond acceptors (Lipinski definition) is 4. The minimum Gasteiger partial charge on any atom is -0.383 e. The highest BCUT2D eigenvalue weighted by Gasteiger charge is 2.09. The zero-order valence-corrected chi connectivity index (χ0v) is 10.8. The molecule has 2 N–H and O–H groups in total. The van der Waals surface area contributed by atoms with Crippen molar-refractivity contribution in [3.8, 4) is 0 Å². The van der Waals surface area contributed by atoms with Crippen molar-refractivity contribution in [2.24, 2.45) is 0 Å². The standard InChI is InChI=1S/C13H15N3S/c1-4-12-8(2)11(7-17-12)5-10-6-15-9(3)16-13(10)14/h4,6-7H,1,5H2,2-3H3,(H2,14,15,16). The molecule has 2 heterocycles. The van der Waals surface area contributed by atoms with E-state index in [2.05, 4.69) is 28.9 Å². The predicted octanol–water partition coefficient (Wildman–Crippen LogP) is 2.97. The molecular formula is C13H15N3S. The third-order valence-corrected chi connectivity index (χ3v) is 3.89. The average molecular weight is 245 g/mol. The monoisotopic (exact) mass is 245 g/mol. The van der Waals surface area contributed by atoms with Crippen LogP contribution in [0.2, 0.25) is 0 Å². The summed E-state index contributed by atoms with van der Waals surface area (Å²) in [6, 6.07) is 0. The van der Waals surface area contributed by atoms with E-state index in [0.717, 1.165) is 12.0 Å². The highest BCUT2D eigenvalue weighted by Crippen LogP contribution is 2.25. The molecule has 0 bridgehead atoms. The fraction of sp³-hybridized carbons (Fsp3) is 0.231. The van der Waals surface area contributed by atoms with Crippen molar-refractivity contribution in [2.45, 2.75) is 20.3 Å². The number of aromatic nitrogens is 2. The molecule has 0 unspecified atom stereocenters. The van der Waals surface area contributed by atoms with Gasteiger partial charge in [0.15, 0.2) is 0 Å². The van der Waals surface area contributed by atoms with Gasteiger partial charge in [0.05, 0.1) is 0 Å². The molecule has 0 aliphatic heterocycles. The lowest BCUT2D eigenvalue weighted by molar-refractivity contribution is 1.01. The molecule has 2 aromatic heterocycles. The Morgan fingerprint density at radius 1 is 1.41 bits per heavy atom. The molecule has 0 aliphatic carbocycles. The SMILES string of the molecule is C=Cc1scc(Cc2cnc(C)nc2N)c1C. The van der Waals surface area contributed by atoms with Gasteiger partial charge in [0, 0.05) is 23.1 Å². The largest absolute Gasteiger partial charge is 0.383 e. The molecule has 0 radical (unpaired) electrons. The topological polar surface area (TPSA) is 51.8 Å². The smallest absolute Gasteiger partial charge is 0.130 e. The molecular weight excluding hydrogens is 230 g/mol. The summed E-state index contributed by atoms with van der Waals surface area (Å²) < 4.78 is 0. The van der Waals surface area contributed by atoms with Gasteiger partial charge in [-0.25, -0.2) is 9.97 Å². The van der Waals surface area contributed by atoms with Crippen LogP contribution < -0.4 is 5.73 Å². The molecule has 3 nitrogen and oxygen atoms in total. The Hall–Kier alpha value is -1.68. The number of nitrogen functional groups attached to an aromatic ring is 1.